The molecular weight excluding hydrogens is 378 g/mol. The molecule has 0 aliphatic rings. The Balaban J connectivity index is 1.63. The van der Waals surface area contributed by atoms with Crippen LogP contribution in [0.1, 0.15) is 30.7 Å². The molecule has 0 radical (unpaired) electrons. The summed E-state index contributed by atoms with van der Waals surface area (Å²) >= 11 is 4.53. The van der Waals surface area contributed by atoms with Crippen LogP contribution in [0.2, 0.25) is 0 Å². The molecule has 0 bridgehead atoms. The Bertz CT molecular complexity index is 838. The number of rotatable bonds is 5. The Hall–Kier alpha value is -2.18. The number of amides is 1. The van der Waals surface area contributed by atoms with Gasteiger partial charge in [-0.2, -0.15) is 0 Å². The molecule has 0 aliphatic heterocycles. The monoisotopic (exact) mass is 389 g/mol. The first-order valence-electron chi connectivity index (χ1n) is 6.85. The van der Waals surface area contributed by atoms with Crippen molar-refractivity contribution >= 4 is 39.0 Å². The second kappa shape index (κ2) is 6.93. The van der Waals surface area contributed by atoms with Gasteiger partial charge in [-0.25, -0.2) is 0 Å². The van der Waals surface area contributed by atoms with Crippen molar-refractivity contribution < 1.29 is 14.0 Å². The number of halogens is 1. The van der Waals surface area contributed by atoms with Crippen LogP contribution in [0, 0.1) is 0 Å². The number of hydrogen-bond donors (Lipinski definition) is 1. The van der Waals surface area contributed by atoms with Gasteiger partial charge in [0.25, 0.3) is 5.91 Å². The Labute approximate surface area is 145 Å². The lowest BCUT2D eigenvalue weighted by atomic mass is 10.1. The highest BCUT2D eigenvalue weighted by Gasteiger charge is 2.13. The second-order valence-electron chi connectivity index (χ2n) is 4.75. The van der Waals surface area contributed by atoms with Crippen molar-refractivity contribution in [2.24, 2.45) is 0 Å². The first-order valence-corrected chi connectivity index (χ1v) is 8.46. The molecule has 2 heterocycles. The largest absolute Gasteiger partial charge is 0.444 e. The van der Waals surface area contributed by atoms with E-state index in [9.17, 15) is 9.59 Å². The average Bonchev–Trinajstić information content (AvgIpc) is 3.22. The number of thiophene rings is 1. The third-order valence-electron chi connectivity index (χ3n) is 3.14. The molecule has 3 aromatic rings. The lowest BCUT2D eigenvalue weighted by Crippen LogP contribution is -2.21. The number of carbonyl (C=O) groups is 2. The SMILES string of the molecule is O=C(NCc1ccc(C(=O)c2ccccc2)s1)c1ccc(Br)o1. The van der Waals surface area contributed by atoms with Crippen LogP contribution in [0.3, 0.4) is 0 Å². The third-order valence-corrected chi connectivity index (χ3v) is 4.65. The molecule has 0 saturated carbocycles. The number of carbonyl (C=O) groups excluding carboxylic acids is 2. The maximum absolute atomic E-state index is 12.3. The fourth-order valence-corrected chi connectivity index (χ4v) is 3.23. The van der Waals surface area contributed by atoms with Gasteiger partial charge in [-0.05, 0) is 40.2 Å². The lowest BCUT2D eigenvalue weighted by molar-refractivity contribution is 0.0922. The van der Waals surface area contributed by atoms with Crippen LogP contribution in [-0.2, 0) is 6.54 Å². The van der Waals surface area contributed by atoms with E-state index in [4.69, 9.17) is 4.42 Å². The Morgan fingerprint density at radius 3 is 2.52 bits per heavy atom. The summed E-state index contributed by atoms with van der Waals surface area (Å²) in [7, 11) is 0. The molecule has 116 valence electrons. The normalized spacial score (nSPS) is 10.5. The fourth-order valence-electron chi connectivity index (χ4n) is 2.02. The number of furan rings is 1. The summed E-state index contributed by atoms with van der Waals surface area (Å²) in [6.07, 6.45) is 0. The molecule has 0 aliphatic carbocycles. The molecule has 4 nitrogen and oxygen atoms in total. The van der Waals surface area contributed by atoms with E-state index in [-0.39, 0.29) is 17.5 Å². The minimum Gasteiger partial charge on any atom is -0.444 e. The highest BCUT2D eigenvalue weighted by Crippen LogP contribution is 2.20. The molecule has 0 fully saturated rings. The molecule has 1 N–H and O–H groups in total. The van der Waals surface area contributed by atoms with E-state index in [1.54, 1.807) is 30.3 Å². The van der Waals surface area contributed by atoms with E-state index in [0.717, 1.165) is 4.88 Å². The predicted molar refractivity (Wildman–Crippen MR) is 91.8 cm³/mol. The molecule has 23 heavy (non-hydrogen) atoms. The predicted octanol–water partition coefficient (Wildman–Crippen LogP) is 4.26. The highest BCUT2D eigenvalue weighted by molar-refractivity contribution is 9.10. The van der Waals surface area contributed by atoms with Crippen LogP contribution < -0.4 is 5.32 Å². The minimum absolute atomic E-state index is 0.0110. The zero-order valence-electron chi connectivity index (χ0n) is 11.9. The number of nitrogens with one attached hydrogen (secondary N) is 1. The van der Waals surface area contributed by atoms with E-state index in [2.05, 4.69) is 21.2 Å². The quantitative estimate of drug-likeness (QED) is 0.663. The number of hydrogen-bond acceptors (Lipinski definition) is 4. The van der Waals surface area contributed by atoms with Gasteiger partial charge < -0.3 is 9.73 Å². The van der Waals surface area contributed by atoms with Gasteiger partial charge in [0.05, 0.1) is 11.4 Å². The summed E-state index contributed by atoms with van der Waals surface area (Å²) in [6.45, 7) is 0.351. The van der Waals surface area contributed by atoms with E-state index in [1.165, 1.54) is 11.3 Å². The molecule has 0 saturated heterocycles. The fraction of sp³-hybridized carbons (Fsp3) is 0.0588. The summed E-state index contributed by atoms with van der Waals surface area (Å²) in [6, 6.07) is 16.0. The molecule has 0 atom stereocenters. The van der Waals surface area contributed by atoms with Crippen LogP contribution in [0.4, 0.5) is 0 Å². The van der Waals surface area contributed by atoms with Gasteiger partial charge in [-0.3, -0.25) is 9.59 Å². The van der Waals surface area contributed by atoms with Gasteiger partial charge in [0.15, 0.2) is 10.4 Å². The Morgan fingerprint density at radius 2 is 1.83 bits per heavy atom. The smallest absolute Gasteiger partial charge is 0.287 e. The lowest BCUT2D eigenvalue weighted by Gasteiger charge is -2.00. The van der Waals surface area contributed by atoms with Crippen molar-refractivity contribution in [3.63, 3.8) is 0 Å². The van der Waals surface area contributed by atoms with Gasteiger partial charge in [0, 0.05) is 10.4 Å². The molecule has 6 heteroatoms. The second-order valence-corrected chi connectivity index (χ2v) is 6.70. The van der Waals surface area contributed by atoms with Crippen LogP contribution in [-0.4, -0.2) is 11.7 Å². The molecule has 3 rings (SSSR count). The van der Waals surface area contributed by atoms with Gasteiger partial charge >= 0.3 is 0 Å². The van der Waals surface area contributed by atoms with Gasteiger partial charge in [-0.15, -0.1) is 11.3 Å². The number of benzene rings is 1. The van der Waals surface area contributed by atoms with Crippen LogP contribution in [0.15, 0.2) is 63.7 Å². The maximum Gasteiger partial charge on any atom is 0.287 e. The maximum atomic E-state index is 12.3. The van der Waals surface area contributed by atoms with E-state index in [0.29, 0.717) is 21.7 Å². The van der Waals surface area contributed by atoms with E-state index < -0.39 is 0 Å². The van der Waals surface area contributed by atoms with Crippen molar-refractivity contribution in [1.82, 2.24) is 5.32 Å². The molecule has 0 spiro atoms. The van der Waals surface area contributed by atoms with Crippen molar-refractivity contribution in [3.8, 4) is 0 Å². The molecule has 2 aromatic heterocycles. The molecule has 1 amide bonds. The summed E-state index contributed by atoms with van der Waals surface area (Å²) in [5.41, 5.74) is 0.658. The molecule has 0 unspecified atom stereocenters. The highest BCUT2D eigenvalue weighted by atomic mass is 79.9. The van der Waals surface area contributed by atoms with Crippen LogP contribution >= 0.6 is 27.3 Å². The topological polar surface area (TPSA) is 59.3 Å². The summed E-state index contributed by atoms with van der Waals surface area (Å²) in [5.74, 6) is -0.0582. The zero-order valence-corrected chi connectivity index (χ0v) is 14.3. The standard InChI is InChI=1S/C17H12BrNO3S/c18-15-9-7-13(22-15)17(21)19-10-12-6-8-14(23-12)16(20)11-4-2-1-3-5-11/h1-9H,10H2,(H,19,21). The summed E-state index contributed by atoms with van der Waals surface area (Å²) in [5, 5.41) is 2.77. The van der Waals surface area contributed by atoms with Crippen LogP contribution in [0.25, 0.3) is 0 Å². The van der Waals surface area contributed by atoms with Gasteiger partial charge in [0.2, 0.25) is 5.78 Å². The average molecular weight is 390 g/mol. The van der Waals surface area contributed by atoms with Crippen molar-refractivity contribution in [3.05, 3.63) is 80.3 Å². The summed E-state index contributed by atoms with van der Waals surface area (Å²) in [4.78, 5) is 25.8. The van der Waals surface area contributed by atoms with E-state index >= 15 is 0 Å². The Morgan fingerprint density at radius 1 is 1.04 bits per heavy atom. The minimum atomic E-state index is -0.292. The summed E-state index contributed by atoms with van der Waals surface area (Å²) < 4.78 is 5.70. The molecular formula is C17H12BrNO3S. The first-order chi connectivity index (χ1) is 11.1. The zero-order chi connectivity index (χ0) is 16.2. The molecule has 1 aromatic carbocycles. The Kier molecular flexibility index (Phi) is 4.73. The van der Waals surface area contributed by atoms with E-state index in [1.807, 2.05) is 24.3 Å². The number of ketones is 1. The van der Waals surface area contributed by atoms with Crippen molar-refractivity contribution in [2.45, 2.75) is 6.54 Å². The first kappa shape index (κ1) is 15.7. The van der Waals surface area contributed by atoms with Crippen molar-refractivity contribution in [2.75, 3.05) is 0 Å². The van der Waals surface area contributed by atoms with Crippen molar-refractivity contribution in [1.29, 1.82) is 0 Å². The third kappa shape index (κ3) is 3.78. The van der Waals surface area contributed by atoms with Gasteiger partial charge in [-0.1, -0.05) is 30.3 Å². The van der Waals surface area contributed by atoms with Crippen LogP contribution in [0.5, 0.6) is 0 Å². The van der Waals surface area contributed by atoms with Gasteiger partial charge in [0.1, 0.15) is 0 Å².